The highest BCUT2D eigenvalue weighted by Crippen LogP contribution is 2.43. The maximum atomic E-state index is 12.2. The molecule has 0 saturated heterocycles. The summed E-state index contributed by atoms with van der Waals surface area (Å²) in [5, 5.41) is 0. The van der Waals surface area contributed by atoms with Gasteiger partial charge < -0.3 is 14.4 Å². The fraction of sp³-hybridized carbons (Fsp3) is 0.278. The molecule has 0 N–H and O–H groups in total. The molecule has 1 amide bonds. The zero-order chi connectivity index (χ0) is 15.7. The minimum absolute atomic E-state index is 0.0276. The summed E-state index contributed by atoms with van der Waals surface area (Å²) in [6, 6.07) is 13.6. The van der Waals surface area contributed by atoms with Crippen molar-refractivity contribution in [1.29, 1.82) is 0 Å². The van der Waals surface area contributed by atoms with Crippen LogP contribution in [0.25, 0.3) is 0 Å². The van der Waals surface area contributed by atoms with Crippen LogP contribution in [-0.2, 0) is 11.2 Å². The highest BCUT2D eigenvalue weighted by Gasteiger charge is 2.34. The van der Waals surface area contributed by atoms with Gasteiger partial charge in [-0.1, -0.05) is 18.2 Å². The summed E-state index contributed by atoms with van der Waals surface area (Å²) in [6.07, 6.45) is 0.777. The Labute approximate surface area is 130 Å². The van der Waals surface area contributed by atoms with Crippen LogP contribution < -0.4 is 14.4 Å². The molecule has 0 aromatic heterocycles. The lowest BCUT2D eigenvalue weighted by Crippen LogP contribution is -2.30. The predicted molar refractivity (Wildman–Crippen MR) is 85.6 cm³/mol. The van der Waals surface area contributed by atoms with E-state index in [4.69, 9.17) is 9.47 Å². The first-order valence-electron chi connectivity index (χ1n) is 7.25. The molecular weight excluding hydrogens is 278 g/mol. The van der Waals surface area contributed by atoms with Gasteiger partial charge in [-0.15, -0.1) is 0 Å². The standard InChI is InChI=1S/C18H19NO3/c1-12(20)19-16-7-5-4-6-13(16)10-17(19)15-11-14(21-2)8-9-18(15)22-3/h4-9,11,17H,10H2,1-3H3. The molecule has 1 heterocycles. The van der Waals surface area contributed by atoms with E-state index in [1.54, 1.807) is 21.1 Å². The molecule has 0 spiro atoms. The van der Waals surface area contributed by atoms with E-state index in [0.717, 1.165) is 29.2 Å². The first kappa shape index (κ1) is 14.4. The molecular formula is C18H19NO3. The van der Waals surface area contributed by atoms with Gasteiger partial charge in [0.25, 0.3) is 0 Å². The van der Waals surface area contributed by atoms with Gasteiger partial charge in [-0.05, 0) is 36.2 Å². The molecule has 114 valence electrons. The molecule has 1 unspecified atom stereocenters. The summed E-state index contributed by atoms with van der Waals surface area (Å²) in [4.78, 5) is 14.0. The minimum Gasteiger partial charge on any atom is -0.497 e. The number of ether oxygens (including phenoxy) is 2. The van der Waals surface area contributed by atoms with Gasteiger partial charge >= 0.3 is 0 Å². The number of hydrogen-bond donors (Lipinski definition) is 0. The largest absolute Gasteiger partial charge is 0.497 e. The number of methoxy groups -OCH3 is 2. The van der Waals surface area contributed by atoms with E-state index in [0.29, 0.717) is 0 Å². The van der Waals surface area contributed by atoms with Gasteiger partial charge in [-0.25, -0.2) is 0 Å². The fourth-order valence-corrected chi connectivity index (χ4v) is 3.12. The average molecular weight is 297 g/mol. The second-order valence-corrected chi connectivity index (χ2v) is 5.35. The van der Waals surface area contributed by atoms with Crippen LogP contribution in [-0.4, -0.2) is 20.1 Å². The summed E-state index contributed by atoms with van der Waals surface area (Å²) in [7, 11) is 3.28. The first-order valence-corrected chi connectivity index (χ1v) is 7.25. The number of fused-ring (bicyclic) bond motifs is 1. The quantitative estimate of drug-likeness (QED) is 0.872. The number of hydrogen-bond acceptors (Lipinski definition) is 3. The maximum Gasteiger partial charge on any atom is 0.224 e. The van der Waals surface area contributed by atoms with Crippen molar-refractivity contribution in [1.82, 2.24) is 0 Å². The van der Waals surface area contributed by atoms with Crippen LogP contribution in [0.15, 0.2) is 42.5 Å². The van der Waals surface area contributed by atoms with Crippen LogP contribution in [0.2, 0.25) is 0 Å². The van der Waals surface area contributed by atoms with Gasteiger partial charge in [0.15, 0.2) is 0 Å². The van der Waals surface area contributed by atoms with E-state index in [1.807, 2.05) is 41.3 Å². The van der Waals surface area contributed by atoms with Crippen molar-refractivity contribution < 1.29 is 14.3 Å². The van der Waals surface area contributed by atoms with E-state index in [1.165, 1.54) is 5.56 Å². The van der Waals surface area contributed by atoms with E-state index >= 15 is 0 Å². The Kier molecular flexibility index (Phi) is 3.75. The number of nitrogens with zero attached hydrogens (tertiary/aromatic N) is 1. The van der Waals surface area contributed by atoms with E-state index < -0.39 is 0 Å². The van der Waals surface area contributed by atoms with E-state index in [-0.39, 0.29) is 11.9 Å². The fourth-order valence-electron chi connectivity index (χ4n) is 3.12. The maximum absolute atomic E-state index is 12.2. The normalized spacial score (nSPS) is 16.3. The van der Waals surface area contributed by atoms with Crippen molar-refractivity contribution in [3.8, 4) is 11.5 Å². The zero-order valence-corrected chi connectivity index (χ0v) is 13.0. The monoisotopic (exact) mass is 297 g/mol. The van der Waals surface area contributed by atoms with Crippen LogP contribution in [0.4, 0.5) is 5.69 Å². The molecule has 1 aliphatic heterocycles. The lowest BCUT2D eigenvalue weighted by molar-refractivity contribution is -0.116. The van der Waals surface area contributed by atoms with Gasteiger partial charge in [-0.3, -0.25) is 4.79 Å². The first-order chi connectivity index (χ1) is 10.7. The van der Waals surface area contributed by atoms with Crippen LogP contribution in [0, 0.1) is 0 Å². The van der Waals surface area contributed by atoms with Gasteiger partial charge in [0, 0.05) is 18.2 Å². The van der Waals surface area contributed by atoms with Crippen LogP contribution >= 0.6 is 0 Å². The van der Waals surface area contributed by atoms with Crippen molar-refractivity contribution >= 4 is 11.6 Å². The van der Waals surface area contributed by atoms with Crippen molar-refractivity contribution in [2.75, 3.05) is 19.1 Å². The summed E-state index contributed by atoms with van der Waals surface area (Å²) >= 11 is 0. The second kappa shape index (κ2) is 5.72. The number of anilines is 1. The lowest BCUT2D eigenvalue weighted by Gasteiger charge is -2.26. The highest BCUT2D eigenvalue weighted by molar-refractivity contribution is 5.95. The number of carbonyl (C=O) groups excluding carboxylic acids is 1. The average Bonchev–Trinajstić information content (AvgIpc) is 2.93. The molecule has 2 aromatic carbocycles. The Morgan fingerprint density at radius 2 is 1.91 bits per heavy atom. The van der Waals surface area contributed by atoms with Gasteiger partial charge in [-0.2, -0.15) is 0 Å². The molecule has 4 nitrogen and oxygen atoms in total. The molecule has 0 radical (unpaired) electrons. The second-order valence-electron chi connectivity index (χ2n) is 5.35. The molecule has 0 bridgehead atoms. The number of para-hydroxylation sites is 1. The molecule has 1 atom stereocenters. The SMILES string of the molecule is COc1ccc(OC)c(C2Cc3ccccc3N2C(C)=O)c1. The van der Waals surface area contributed by atoms with Crippen LogP contribution in [0.5, 0.6) is 11.5 Å². The number of rotatable bonds is 3. The molecule has 0 aliphatic carbocycles. The molecule has 0 fully saturated rings. The summed E-state index contributed by atoms with van der Waals surface area (Å²) in [5.41, 5.74) is 3.12. The van der Waals surface area contributed by atoms with Crippen molar-refractivity contribution in [2.45, 2.75) is 19.4 Å². The van der Waals surface area contributed by atoms with E-state index in [9.17, 15) is 4.79 Å². The Morgan fingerprint density at radius 3 is 2.59 bits per heavy atom. The summed E-state index contributed by atoms with van der Waals surface area (Å²) in [6.45, 7) is 1.60. The predicted octanol–water partition coefficient (Wildman–Crippen LogP) is 3.35. The van der Waals surface area contributed by atoms with Gasteiger partial charge in [0.1, 0.15) is 11.5 Å². The molecule has 22 heavy (non-hydrogen) atoms. The molecule has 0 saturated carbocycles. The third kappa shape index (κ3) is 2.30. The van der Waals surface area contributed by atoms with Crippen LogP contribution in [0.3, 0.4) is 0 Å². The van der Waals surface area contributed by atoms with Gasteiger partial charge in [0.05, 0.1) is 20.3 Å². The highest BCUT2D eigenvalue weighted by atomic mass is 16.5. The van der Waals surface area contributed by atoms with E-state index in [2.05, 4.69) is 6.07 Å². The molecule has 4 heteroatoms. The molecule has 1 aliphatic rings. The zero-order valence-electron chi connectivity index (χ0n) is 13.0. The van der Waals surface area contributed by atoms with Crippen LogP contribution in [0.1, 0.15) is 24.1 Å². The summed E-state index contributed by atoms with van der Waals surface area (Å²) < 4.78 is 10.8. The third-order valence-corrected chi connectivity index (χ3v) is 4.11. The van der Waals surface area contributed by atoms with Crippen molar-refractivity contribution in [3.63, 3.8) is 0 Å². The molecule has 3 rings (SSSR count). The molecule has 2 aromatic rings. The third-order valence-electron chi connectivity index (χ3n) is 4.11. The number of carbonyl (C=O) groups is 1. The lowest BCUT2D eigenvalue weighted by atomic mass is 10.0. The number of amides is 1. The smallest absolute Gasteiger partial charge is 0.224 e. The Hall–Kier alpha value is -2.49. The Balaban J connectivity index is 2.10. The van der Waals surface area contributed by atoms with Crippen molar-refractivity contribution in [2.24, 2.45) is 0 Å². The summed E-state index contributed by atoms with van der Waals surface area (Å²) in [5.74, 6) is 1.56. The minimum atomic E-state index is -0.0695. The van der Waals surface area contributed by atoms with Gasteiger partial charge in [0.2, 0.25) is 5.91 Å². The van der Waals surface area contributed by atoms with Crippen molar-refractivity contribution in [3.05, 3.63) is 53.6 Å². The topological polar surface area (TPSA) is 38.8 Å². The Morgan fingerprint density at radius 1 is 1.14 bits per heavy atom. The Bertz CT molecular complexity index is 711. The number of benzene rings is 2.